The normalized spacial score (nSPS) is 16.6. The maximum absolute atomic E-state index is 11.6. The van der Waals surface area contributed by atoms with Crippen LogP contribution in [0.15, 0.2) is 0 Å². The molecular weight excluding hydrogens is 228 g/mol. The minimum absolute atomic E-state index is 0.193. The van der Waals surface area contributed by atoms with E-state index < -0.39 is 11.4 Å². The van der Waals surface area contributed by atoms with Crippen molar-refractivity contribution >= 4 is 23.8 Å². The van der Waals surface area contributed by atoms with Crippen molar-refractivity contribution in [1.29, 1.82) is 0 Å². The second-order valence-electron chi connectivity index (χ2n) is 4.16. The van der Waals surface area contributed by atoms with Crippen LogP contribution in [0.3, 0.4) is 0 Å². The van der Waals surface area contributed by atoms with Crippen LogP contribution >= 0.6 is 11.8 Å². The Labute approximate surface area is 99.6 Å². The standard InChI is InChI=1S/C10H18N2O3S/c1-12(5-6-16-2)9(15)11-7-10(3-4-10)8(13)14/h3-7H2,1-2H3,(H,11,15)(H,13,14). The SMILES string of the molecule is CSCCN(C)C(=O)NCC1(C(=O)O)CC1. The fraction of sp³-hybridized carbons (Fsp3) is 0.800. The zero-order valence-corrected chi connectivity index (χ0v) is 10.5. The van der Waals surface area contributed by atoms with E-state index in [1.54, 1.807) is 23.7 Å². The molecule has 0 spiro atoms. The lowest BCUT2D eigenvalue weighted by Crippen LogP contribution is -2.42. The van der Waals surface area contributed by atoms with E-state index >= 15 is 0 Å². The molecule has 2 amide bonds. The van der Waals surface area contributed by atoms with Crippen LogP contribution in [0.25, 0.3) is 0 Å². The predicted octanol–water partition coefficient (Wildman–Crippen LogP) is 0.856. The van der Waals surface area contributed by atoms with Gasteiger partial charge in [0, 0.05) is 25.9 Å². The van der Waals surface area contributed by atoms with Crippen LogP contribution in [0.1, 0.15) is 12.8 Å². The lowest BCUT2D eigenvalue weighted by Gasteiger charge is -2.19. The minimum Gasteiger partial charge on any atom is -0.481 e. The highest BCUT2D eigenvalue weighted by molar-refractivity contribution is 7.98. The molecule has 0 aliphatic heterocycles. The first-order chi connectivity index (χ1) is 7.52. The molecule has 1 aliphatic carbocycles. The van der Waals surface area contributed by atoms with Crippen molar-refractivity contribution in [1.82, 2.24) is 10.2 Å². The molecule has 6 heteroatoms. The van der Waals surface area contributed by atoms with Crippen LogP contribution in [-0.2, 0) is 4.79 Å². The van der Waals surface area contributed by atoms with Crippen molar-refractivity contribution in [2.24, 2.45) is 5.41 Å². The third kappa shape index (κ3) is 3.30. The first kappa shape index (κ1) is 13.2. The fourth-order valence-electron chi connectivity index (χ4n) is 1.33. The molecule has 0 radical (unpaired) electrons. The Bertz CT molecular complexity index is 279. The monoisotopic (exact) mass is 246 g/mol. The van der Waals surface area contributed by atoms with Gasteiger partial charge in [-0.3, -0.25) is 4.79 Å². The molecule has 1 fully saturated rings. The van der Waals surface area contributed by atoms with Gasteiger partial charge in [-0.15, -0.1) is 0 Å². The Balaban J connectivity index is 2.27. The number of carboxylic acids is 1. The van der Waals surface area contributed by atoms with E-state index in [9.17, 15) is 9.59 Å². The Hall–Kier alpha value is -0.910. The molecule has 0 aromatic rings. The van der Waals surface area contributed by atoms with Crippen molar-refractivity contribution in [3.05, 3.63) is 0 Å². The van der Waals surface area contributed by atoms with Gasteiger partial charge in [0.05, 0.1) is 5.41 Å². The first-order valence-corrected chi connectivity index (χ1v) is 6.62. The third-order valence-electron chi connectivity index (χ3n) is 2.86. The van der Waals surface area contributed by atoms with Crippen LogP contribution in [0.5, 0.6) is 0 Å². The molecule has 1 rings (SSSR count). The number of carbonyl (C=O) groups is 2. The molecule has 0 aromatic heterocycles. The summed E-state index contributed by atoms with van der Waals surface area (Å²) in [7, 11) is 1.71. The Kier molecular flexibility index (Phi) is 4.46. The van der Waals surface area contributed by atoms with Crippen LogP contribution in [0.2, 0.25) is 0 Å². The maximum Gasteiger partial charge on any atom is 0.317 e. The van der Waals surface area contributed by atoms with E-state index in [4.69, 9.17) is 5.11 Å². The van der Waals surface area contributed by atoms with Gasteiger partial charge in [0.15, 0.2) is 0 Å². The van der Waals surface area contributed by atoms with Gasteiger partial charge in [-0.2, -0.15) is 11.8 Å². The number of amides is 2. The first-order valence-electron chi connectivity index (χ1n) is 5.23. The molecular formula is C10H18N2O3S. The summed E-state index contributed by atoms with van der Waals surface area (Å²) in [6.07, 6.45) is 3.31. The molecule has 5 nitrogen and oxygen atoms in total. The summed E-state index contributed by atoms with van der Waals surface area (Å²) in [4.78, 5) is 24.0. The summed E-state index contributed by atoms with van der Waals surface area (Å²) in [5.41, 5.74) is -0.685. The highest BCUT2D eigenvalue weighted by Crippen LogP contribution is 2.45. The van der Waals surface area contributed by atoms with E-state index in [1.807, 2.05) is 6.26 Å². The van der Waals surface area contributed by atoms with Crippen molar-refractivity contribution < 1.29 is 14.7 Å². The van der Waals surface area contributed by atoms with Gasteiger partial charge in [-0.05, 0) is 19.1 Å². The van der Waals surface area contributed by atoms with Gasteiger partial charge in [0.25, 0.3) is 0 Å². The predicted molar refractivity (Wildman–Crippen MR) is 63.7 cm³/mol. The number of carbonyl (C=O) groups excluding carboxylic acids is 1. The smallest absolute Gasteiger partial charge is 0.317 e. The quantitative estimate of drug-likeness (QED) is 0.729. The molecule has 0 heterocycles. The number of aliphatic carboxylic acids is 1. The summed E-state index contributed by atoms with van der Waals surface area (Å²) < 4.78 is 0. The average Bonchev–Trinajstić information content (AvgIpc) is 3.03. The van der Waals surface area contributed by atoms with Crippen LogP contribution in [0.4, 0.5) is 4.79 Å². The summed E-state index contributed by atoms with van der Waals surface area (Å²) in [6, 6.07) is -0.193. The molecule has 16 heavy (non-hydrogen) atoms. The van der Waals surface area contributed by atoms with Crippen molar-refractivity contribution in [3.8, 4) is 0 Å². The number of nitrogens with zero attached hydrogens (tertiary/aromatic N) is 1. The molecule has 0 unspecified atom stereocenters. The molecule has 2 N–H and O–H groups in total. The van der Waals surface area contributed by atoms with E-state index in [2.05, 4.69) is 5.32 Å². The summed E-state index contributed by atoms with van der Waals surface area (Å²) >= 11 is 1.67. The van der Waals surface area contributed by atoms with Crippen molar-refractivity contribution in [3.63, 3.8) is 0 Å². The number of urea groups is 1. The number of nitrogens with one attached hydrogen (secondary N) is 1. The van der Waals surface area contributed by atoms with Gasteiger partial charge in [-0.1, -0.05) is 0 Å². The zero-order valence-electron chi connectivity index (χ0n) is 9.65. The average molecular weight is 246 g/mol. The summed E-state index contributed by atoms with van der Waals surface area (Å²) in [5.74, 6) is 0.0770. The van der Waals surface area contributed by atoms with Crippen molar-refractivity contribution in [2.45, 2.75) is 12.8 Å². The highest BCUT2D eigenvalue weighted by atomic mass is 32.2. The van der Waals surface area contributed by atoms with Crippen LogP contribution in [-0.4, -0.2) is 54.2 Å². The van der Waals surface area contributed by atoms with Crippen LogP contribution in [0, 0.1) is 5.41 Å². The lowest BCUT2D eigenvalue weighted by molar-refractivity contribution is -0.143. The van der Waals surface area contributed by atoms with Gasteiger partial charge in [0.2, 0.25) is 0 Å². The molecule has 92 valence electrons. The number of rotatable bonds is 6. The van der Waals surface area contributed by atoms with E-state index in [1.165, 1.54) is 0 Å². The van der Waals surface area contributed by atoms with Crippen molar-refractivity contribution in [2.75, 3.05) is 32.1 Å². The number of hydrogen-bond acceptors (Lipinski definition) is 3. The van der Waals surface area contributed by atoms with Gasteiger partial charge in [-0.25, -0.2) is 4.79 Å². The number of thioether (sulfide) groups is 1. The molecule has 0 aromatic carbocycles. The summed E-state index contributed by atoms with van der Waals surface area (Å²) in [6.45, 7) is 0.915. The van der Waals surface area contributed by atoms with Crippen LogP contribution < -0.4 is 5.32 Å². The molecule has 0 atom stereocenters. The second-order valence-corrected chi connectivity index (χ2v) is 5.14. The third-order valence-corrected chi connectivity index (χ3v) is 3.45. The Morgan fingerprint density at radius 3 is 2.56 bits per heavy atom. The molecule has 0 saturated heterocycles. The second kappa shape index (κ2) is 5.43. The topological polar surface area (TPSA) is 69.6 Å². The number of hydrogen-bond donors (Lipinski definition) is 2. The van der Waals surface area contributed by atoms with E-state index in [0.717, 1.165) is 5.75 Å². The molecule has 1 aliphatic rings. The Morgan fingerprint density at radius 1 is 1.50 bits per heavy atom. The van der Waals surface area contributed by atoms with Gasteiger partial charge < -0.3 is 15.3 Å². The number of carboxylic acid groups (broad SMARTS) is 1. The largest absolute Gasteiger partial charge is 0.481 e. The van der Waals surface area contributed by atoms with Gasteiger partial charge in [0.1, 0.15) is 0 Å². The van der Waals surface area contributed by atoms with E-state index in [-0.39, 0.29) is 12.6 Å². The lowest BCUT2D eigenvalue weighted by atomic mass is 10.1. The van der Waals surface area contributed by atoms with Gasteiger partial charge >= 0.3 is 12.0 Å². The Morgan fingerprint density at radius 2 is 2.12 bits per heavy atom. The zero-order chi connectivity index (χ0) is 12.2. The summed E-state index contributed by atoms with van der Waals surface area (Å²) in [5, 5.41) is 11.6. The molecule has 1 saturated carbocycles. The minimum atomic E-state index is -0.806. The maximum atomic E-state index is 11.6. The highest BCUT2D eigenvalue weighted by Gasteiger charge is 2.50. The molecule has 0 bridgehead atoms. The van der Waals surface area contributed by atoms with E-state index in [0.29, 0.717) is 19.4 Å². The fourth-order valence-corrected chi connectivity index (χ4v) is 1.78.